The van der Waals surface area contributed by atoms with Gasteiger partial charge in [0.15, 0.2) is 0 Å². The lowest BCUT2D eigenvalue weighted by atomic mass is 9.88. The monoisotopic (exact) mass is 954 g/mol. The highest BCUT2D eigenvalue weighted by atomic mass is 32.2. The first-order valence-corrected chi connectivity index (χ1v) is 24.5. The Morgan fingerprint density at radius 1 is 0.851 bits per heavy atom. The number of hydrogen-bond donors (Lipinski definition) is 1. The topological polar surface area (TPSA) is 233 Å². The van der Waals surface area contributed by atoms with Crippen LogP contribution in [-0.4, -0.2) is 104 Å². The normalized spacial score (nSPS) is 16.6. The fraction of sp³-hybridized carbons (Fsp3) is 0.391. The van der Waals surface area contributed by atoms with Gasteiger partial charge in [-0.3, -0.25) is 0 Å². The van der Waals surface area contributed by atoms with Crippen molar-refractivity contribution in [2.75, 3.05) is 34.4 Å². The highest BCUT2D eigenvalue weighted by Crippen LogP contribution is 2.42. The Labute approximate surface area is 390 Å². The van der Waals surface area contributed by atoms with Crippen LogP contribution < -0.4 is 18.9 Å². The highest BCUT2D eigenvalue weighted by molar-refractivity contribution is 7.92. The molecule has 1 aromatic heterocycles. The van der Waals surface area contributed by atoms with E-state index in [0.717, 1.165) is 5.56 Å². The van der Waals surface area contributed by atoms with Crippen molar-refractivity contribution in [3.8, 4) is 28.6 Å². The van der Waals surface area contributed by atoms with E-state index in [-0.39, 0.29) is 50.5 Å². The first-order chi connectivity index (χ1) is 32.0. The van der Waals surface area contributed by atoms with Gasteiger partial charge in [0.2, 0.25) is 25.9 Å². The number of aromatic nitrogens is 4. The molecule has 2 unspecified atom stereocenters. The maximum atomic E-state index is 16.1. The number of amides is 1. The summed E-state index contributed by atoms with van der Waals surface area (Å²) in [6, 6.07) is 22.5. The van der Waals surface area contributed by atoms with Crippen molar-refractivity contribution in [2.24, 2.45) is 5.11 Å². The predicted octanol–water partition coefficient (Wildman–Crippen LogP) is 7.34. The molecule has 1 fully saturated rings. The summed E-state index contributed by atoms with van der Waals surface area (Å²) in [5.74, 6) is 1.61. The third kappa shape index (κ3) is 11.7. The number of azide groups is 1. The SMILES string of the molecule is COc1ccc(CN(Cc2ccc(OC)cc2)S(=O)(=O)c2c(S(=O)(=O)NC3CCN(C(=O)OC(C)(C)C)C3)ccc(C3=CC(N=[N+]=[N-])CCC3)c2-c2nnn(Cc3ccc(OC)cc3)n2)cc1. The summed E-state index contributed by atoms with van der Waals surface area (Å²) in [6.07, 6.45) is 3.00. The van der Waals surface area contributed by atoms with E-state index in [1.54, 1.807) is 94.6 Å². The lowest BCUT2D eigenvalue weighted by Gasteiger charge is -2.27. The van der Waals surface area contributed by atoms with Gasteiger partial charge in [0, 0.05) is 37.1 Å². The lowest BCUT2D eigenvalue weighted by molar-refractivity contribution is 0.0292. The van der Waals surface area contributed by atoms with E-state index in [0.29, 0.717) is 58.8 Å². The van der Waals surface area contributed by atoms with E-state index in [4.69, 9.17) is 24.0 Å². The smallest absolute Gasteiger partial charge is 0.410 e. The van der Waals surface area contributed by atoms with Crippen molar-refractivity contribution >= 4 is 31.7 Å². The third-order valence-electron chi connectivity index (χ3n) is 11.3. The van der Waals surface area contributed by atoms with Gasteiger partial charge >= 0.3 is 6.09 Å². The number of nitrogens with one attached hydrogen (secondary N) is 1. The zero-order chi connectivity index (χ0) is 47.9. The molecule has 0 saturated carbocycles. The van der Waals surface area contributed by atoms with E-state index in [1.807, 2.05) is 12.1 Å². The minimum absolute atomic E-state index is 0.0167. The molecule has 2 heterocycles. The molecule has 7 rings (SSSR count). The number of methoxy groups -OCH3 is 3. The maximum absolute atomic E-state index is 16.1. The Morgan fingerprint density at radius 2 is 1.43 bits per heavy atom. The molecule has 1 aliphatic heterocycles. The molecule has 354 valence electrons. The summed E-state index contributed by atoms with van der Waals surface area (Å²) in [4.78, 5) is 17.6. The molecule has 1 saturated heterocycles. The summed E-state index contributed by atoms with van der Waals surface area (Å²) < 4.78 is 87.8. The van der Waals surface area contributed by atoms with Crippen molar-refractivity contribution in [1.82, 2.24) is 34.1 Å². The van der Waals surface area contributed by atoms with Gasteiger partial charge in [-0.1, -0.05) is 53.7 Å². The minimum atomic E-state index is -4.91. The first kappa shape index (κ1) is 48.4. The number of nitrogens with zero attached hydrogens (tertiary/aromatic N) is 9. The van der Waals surface area contributed by atoms with E-state index in [2.05, 4.69) is 25.1 Å². The van der Waals surface area contributed by atoms with Crippen molar-refractivity contribution in [2.45, 2.75) is 93.6 Å². The standard InChI is InChI=1S/C46H54N10O9S2/c1-46(2,3)65-45(57)54-25-24-36(30-54)51-66(58,59)41-23-22-40(34-8-7-9-35(26-34)48-52-47)42(44-49-53-56(50-44)29-33-14-20-39(64-6)21-15-33)43(41)67(60,61)55(27-31-10-16-37(62-4)17-11-31)28-32-12-18-38(63-5)19-13-32/h10-23,26,35-36,51H,7-9,24-25,27-30H2,1-6H3. The molecule has 0 bridgehead atoms. The van der Waals surface area contributed by atoms with E-state index < -0.39 is 53.6 Å². The zero-order valence-electron chi connectivity index (χ0n) is 38.2. The Hall–Kier alpha value is -6.51. The van der Waals surface area contributed by atoms with Crippen molar-refractivity contribution < 1.29 is 40.6 Å². The summed E-state index contributed by atoms with van der Waals surface area (Å²) in [5.41, 5.74) is 11.4. The molecular weight excluding hydrogens is 901 g/mol. The fourth-order valence-corrected chi connectivity index (χ4v) is 11.6. The summed E-state index contributed by atoms with van der Waals surface area (Å²) >= 11 is 0. The van der Waals surface area contributed by atoms with Gasteiger partial charge in [-0.15, -0.1) is 10.2 Å². The van der Waals surface area contributed by atoms with Crippen LogP contribution in [0.25, 0.3) is 27.4 Å². The van der Waals surface area contributed by atoms with Crippen molar-refractivity contribution in [3.63, 3.8) is 0 Å². The molecule has 2 atom stereocenters. The molecule has 1 amide bonds. The van der Waals surface area contributed by atoms with Gasteiger partial charge in [-0.05, 0) is 127 Å². The molecule has 5 aromatic rings. The van der Waals surface area contributed by atoms with Gasteiger partial charge in [0.05, 0.1) is 39.5 Å². The van der Waals surface area contributed by atoms with Crippen LogP contribution in [0.5, 0.6) is 17.2 Å². The quantitative estimate of drug-likeness (QED) is 0.0548. The molecule has 4 aromatic carbocycles. The molecule has 1 aliphatic carbocycles. The number of rotatable bonds is 17. The average molecular weight is 955 g/mol. The van der Waals surface area contributed by atoms with Crippen LogP contribution >= 0.6 is 0 Å². The third-order valence-corrected chi connectivity index (χ3v) is 14.8. The molecule has 0 radical (unpaired) electrons. The summed E-state index contributed by atoms with van der Waals surface area (Å²) in [6.45, 7) is 5.15. The summed E-state index contributed by atoms with van der Waals surface area (Å²) in [5, 5.41) is 17.4. The second-order valence-corrected chi connectivity index (χ2v) is 20.7. The van der Waals surface area contributed by atoms with E-state index in [9.17, 15) is 10.3 Å². The number of ether oxygens (including phenoxy) is 4. The van der Waals surface area contributed by atoms with Gasteiger partial charge in [-0.2, -0.15) is 9.10 Å². The van der Waals surface area contributed by atoms with Gasteiger partial charge in [-0.25, -0.2) is 26.4 Å². The van der Waals surface area contributed by atoms with Crippen LogP contribution in [0.15, 0.2) is 106 Å². The molecule has 2 aliphatic rings. The van der Waals surface area contributed by atoms with Crippen LogP contribution in [0.3, 0.4) is 0 Å². The first-order valence-electron chi connectivity index (χ1n) is 21.6. The molecule has 21 heteroatoms. The predicted molar refractivity (Wildman–Crippen MR) is 249 cm³/mol. The number of hydrogen-bond acceptors (Lipinski definition) is 13. The second kappa shape index (κ2) is 20.6. The average Bonchev–Trinajstić information content (AvgIpc) is 3.98. The van der Waals surface area contributed by atoms with Crippen LogP contribution in [0.4, 0.5) is 4.79 Å². The number of allylic oxidation sites excluding steroid dienone is 1. The van der Waals surface area contributed by atoms with E-state index >= 15 is 16.8 Å². The van der Waals surface area contributed by atoms with Crippen molar-refractivity contribution in [1.29, 1.82) is 0 Å². The van der Waals surface area contributed by atoms with Crippen LogP contribution in [-0.2, 0) is 44.4 Å². The summed E-state index contributed by atoms with van der Waals surface area (Å²) in [7, 11) is -5.03. The molecule has 0 spiro atoms. The van der Waals surface area contributed by atoms with Gasteiger partial charge < -0.3 is 23.8 Å². The largest absolute Gasteiger partial charge is 0.497 e. The van der Waals surface area contributed by atoms with Gasteiger partial charge in [0.25, 0.3) is 0 Å². The Balaban J connectivity index is 1.44. The molecule has 19 nitrogen and oxygen atoms in total. The lowest BCUT2D eigenvalue weighted by Crippen LogP contribution is -2.41. The number of likely N-dealkylation sites (tertiary alicyclic amines) is 1. The number of tetrazole rings is 1. The Bertz CT molecular complexity index is 2810. The molecule has 1 N–H and O–H groups in total. The van der Waals surface area contributed by atoms with Crippen LogP contribution in [0.2, 0.25) is 0 Å². The van der Waals surface area contributed by atoms with Gasteiger partial charge in [0.1, 0.15) is 32.6 Å². The van der Waals surface area contributed by atoms with Crippen molar-refractivity contribution in [3.05, 3.63) is 124 Å². The molecule has 67 heavy (non-hydrogen) atoms. The number of benzene rings is 4. The molecular formula is C46H54N10O9S2. The number of carbonyl (C=O) groups excluding carboxylic acids is 1. The van der Waals surface area contributed by atoms with E-state index in [1.165, 1.54) is 40.4 Å². The fourth-order valence-electron chi connectivity index (χ4n) is 7.96. The Morgan fingerprint density at radius 3 is 1.99 bits per heavy atom. The zero-order valence-corrected chi connectivity index (χ0v) is 39.8. The number of carbonyl (C=O) groups is 1. The van der Waals surface area contributed by atoms with Crippen LogP contribution in [0.1, 0.15) is 68.7 Å². The number of sulfonamides is 2. The minimum Gasteiger partial charge on any atom is -0.497 e. The van der Waals surface area contributed by atoms with Crippen LogP contribution in [0, 0.1) is 0 Å². The maximum Gasteiger partial charge on any atom is 0.410 e. The second-order valence-electron chi connectivity index (χ2n) is 17.2. The highest BCUT2D eigenvalue weighted by Gasteiger charge is 2.40. The Kier molecular flexibility index (Phi) is 14.9.